The highest BCUT2D eigenvalue weighted by molar-refractivity contribution is 5.89. The number of alkyl halides is 3. The highest BCUT2D eigenvalue weighted by Gasteiger charge is 2.37. The molecule has 0 saturated heterocycles. The minimum absolute atomic E-state index is 0.435. The molecule has 0 rings (SSSR count). The molecule has 0 bridgehead atoms. The summed E-state index contributed by atoms with van der Waals surface area (Å²) in [5, 5.41) is 0. The lowest BCUT2D eigenvalue weighted by Gasteiger charge is -2.04. The molecule has 0 fully saturated rings. The molecule has 0 aromatic rings. The number of halogens is 3. The van der Waals surface area contributed by atoms with Gasteiger partial charge in [0.15, 0.2) is 0 Å². The van der Waals surface area contributed by atoms with Gasteiger partial charge < -0.3 is 9.47 Å². The zero-order chi connectivity index (χ0) is 12.1. The van der Waals surface area contributed by atoms with Crippen LogP contribution >= 0.6 is 0 Å². The summed E-state index contributed by atoms with van der Waals surface area (Å²) in [5.74, 6) is -3.33. The van der Waals surface area contributed by atoms with E-state index in [1.54, 1.807) is 0 Å². The van der Waals surface area contributed by atoms with E-state index < -0.39 is 30.1 Å². The Labute approximate surface area is 83.7 Å². The monoisotopic (exact) mass is 226 g/mol. The van der Waals surface area contributed by atoms with Crippen molar-refractivity contribution in [1.29, 1.82) is 0 Å². The van der Waals surface area contributed by atoms with Crippen molar-refractivity contribution in [2.75, 3.05) is 14.2 Å². The van der Waals surface area contributed by atoms with Crippen molar-refractivity contribution in [1.82, 2.24) is 0 Å². The Kier molecular flexibility index (Phi) is 4.83. The number of esters is 1. The molecule has 15 heavy (non-hydrogen) atoms. The van der Waals surface area contributed by atoms with E-state index in [1.807, 2.05) is 0 Å². The fraction of sp³-hybridized carbons (Fsp3) is 0.500. The van der Waals surface area contributed by atoms with Crippen molar-refractivity contribution in [2.45, 2.75) is 12.6 Å². The number of allylic oxidation sites excluding steroid dienone is 1. The molecule has 0 aromatic carbocycles. The second kappa shape index (κ2) is 5.38. The molecule has 0 unspecified atom stereocenters. The largest absolute Gasteiger partial charge is 0.490 e. The first-order valence-corrected chi connectivity index (χ1v) is 3.75. The van der Waals surface area contributed by atoms with Gasteiger partial charge in [-0.05, 0) is 6.08 Å². The van der Waals surface area contributed by atoms with Gasteiger partial charge >= 0.3 is 12.1 Å². The van der Waals surface area contributed by atoms with Crippen LogP contribution in [0.3, 0.4) is 0 Å². The number of hydrogen-bond donors (Lipinski definition) is 0. The van der Waals surface area contributed by atoms with Crippen LogP contribution in [0, 0.1) is 0 Å². The maximum absolute atomic E-state index is 11.8. The first-order chi connectivity index (χ1) is 6.82. The summed E-state index contributed by atoms with van der Waals surface area (Å²) in [6.45, 7) is 0. The molecule has 0 saturated carbocycles. The van der Waals surface area contributed by atoms with E-state index >= 15 is 0 Å². The lowest BCUT2D eigenvalue weighted by atomic mass is 10.2. The minimum Gasteiger partial charge on any atom is -0.490 e. The van der Waals surface area contributed by atoms with E-state index in [-0.39, 0.29) is 0 Å². The summed E-state index contributed by atoms with van der Waals surface area (Å²) < 4.78 is 43.9. The Bertz CT molecular complexity index is 280. The average Bonchev–Trinajstić information content (AvgIpc) is 2.16. The summed E-state index contributed by atoms with van der Waals surface area (Å²) >= 11 is 0. The minimum atomic E-state index is -4.91. The number of rotatable bonds is 4. The number of carbonyl (C=O) groups is 2. The lowest BCUT2D eigenvalue weighted by Crippen LogP contribution is -2.22. The smallest absolute Gasteiger partial charge is 0.450 e. The molecule has 7 heteroatoms. The number of ketones is 1. The third kappa shape index (κ3) is 4.48. The topological polar surface area (TPSA) is 52.6 Å². The summed E-state index contributed by atoms with van der Waals surface area (Å²) in [5.41, 5.74) is 0. The fourth-order valence-corrected chi connectivity index (χ4v) is 0.652. The van der Waals surface area contributed by atoms with Crippen LogP contribution in [-0.4, -0.2) is 32.1 Å². The Morgan fingerprint density at radius 2 is 1.73 bits per heavy atom. The van der Waals surface area contributed by atoms with Gasteiger partial charge in [0.05, 0.1) is 14.2 Å². The van der Waals surface area contributed by atoms with Gasteiger partial charge in [-0.25, -0.2) is 4.79 Å². The Morgan fingerprint density at radius 3 is 2.07 bits per heavy atom. The Morgan fingerprint density at radius 1 is 1.20 bits per heavy atom. The third-order valence-electron chi connectivity index (χ3n) is 1.40. The molecule has 86 valence electrons. The highest BCUT2D eigenvalue weighted by Crippen LogP contribution is 2.18. The van der Waals surface area contributed by atoms with Crippen LogP contribution in [0.1, 0.15) is 6.42 Å². The van der Waals surface area contributed by atoms with E-state index in [0.717, 1.165) is 20.3 Å². The van der Waals surface area contributed by atoms with E-state index in [2.05, 4.69) is 9.47 Å². The fourth-order valence-electron chi connectivity index (χ4n) is 0.652. The predicted octanol–water partition coefficient (Wildman–Crippen LogP) is 1.21. The SMILES string of the molecule is COC(=O)C(=CCC(=O)C(F)(F)F)OC. The van der Waals surface area contributed by atoms with Crippen molar-refractivity contribution in [3.63, 3.8) is 0 Å². The molecule has 0 spiro atoms. The molecule has 0 atom stereocenters. The predicted molar refractivity (Wildman–Crippen MR) is 42.8 cm³/mol. The number of carbonyl (C=O) groups excluding carboxylic acids is 2. The standard InChI is InChI=1S/C8H9F3O4/c1-14-5(7(13)15-2)3-4-6(12)8(9,10)11/h3H,4H2,1-2H3. The van der Waals surface area contributed by atoms with Crippen LogP contribution < -0.4 is 0 Å². The molecule has 0 radical (unpaired) electrons. The third-order valence-corrected chi connectivity index (χ3v) is 1.40. The molecule has 0 aliphatic heterocycles. The van der Waals surface area contributed by atoms with Gasteiger partial charge in [0.2, 0.25) is 11.5 Å². The molecule has 4 nitrogen and oxygen atoms in total. The summed E-state index contributed by atoms with van der Waals surface area (Å²) in [6, 6.07) is 0. The second-order valence-corrected chi connectivity index (χ2v) is 2.39. The normalized spacial score (nSPS) is 12.2. The quantitative estimate of drug-likeness (QED) is 0.410. The first kappa shape index (κ1) is 13.5. The molecule has 0 aliphatic carbocycles. The molecular formula is C8H9F3O4. The van der Waals surface area contributed by atoms with Gasteiger partial charge in [0, 0.05) is 6.42 Å². The summed E-state index contributed by atoms with van der Waals surface area (Å²) in [6.07, 6.45) is -5.14. The van der Waals surface area contributed by atoms with Crippen LogP contribution in [0.4, 0.5) is 13.2 Å². The Hall–Kier alpha value is -1.53. The van der Waals surface area contributed by atoms with Gasteiger partial charge in [-0.1, -0.05) is 0 Å². The second-order valence-electron chi connectivity index (χ2n) is 2.39. The maximum atomic E-state index is 11.8. The van der Waals surface area contributed by atoms with Gasteiger partial charge in [0.25, 0.3) is 0 Å². The van der Waals surface area contributed by atoms with Gasteiger partial charge in [0.1, 0.15) is 0 Å². The van der Waals surface area contributed by atoms with Crippen molar-refractivity contribution in [2.24, 2.45) is 0 Å². The van der Waals surface area contributed by atoms with Crippen LogP contribution in [0.5, 0.6) is 0 Å². The van der Waals surface area contributed by atoms with Gasteiger partial charge in [-0.15, -0.1) is 0 Å². The van der Waals surface area contributed by atoms with Gasteiger partial charge in [-0.2, -0.15) is 13.2 Å². The van der Waals surface area contributed by atoms with Gasteiger partial charge in [-0.3, -0.25) is 4.79 Å². The molecular weight excluding hydrogens is 217 g/mol. The number of methoxy groups -OCH3 is 2. The maximum Gasteiger partial charge on any atom is 0.450 e. The highest BCUT2D eigenvalue weighted by atomic mass is 19.4. The molecule has 0 amide bonds. The van der Waals surface area contributed by atoms with Crippen LogP contribution in [0.15, 0.2) is 11.8 Å². The van der Waals surface area contributed by atoms with Crippen molar-refractivity contribution in [3.8, 4) is 0 Å². The lowest BCUT2D eigenvalue weighted by molar-refractivity contribution is -0.170. The zero-order valence-electron chi connectivity index (χ0n) is 8.05. The van der Waals surface area contributed by atoms with Crippen molar-refractivity contribution >= 4 is 11.8 Å². The summed E-state index contributed by atoms with van der Waals surface area (Å²) in [4.78, 5) is 21.2. The van der Waals surface area contributed by atoms with Crippen LogP contribution in [0.25, 0.3) is 0 Å². The number of Topliss-reactive ketones (excluding diaryl/α,β-unsaturated/α-hetero) is 1. The number of hydrogen-bond acceptors (Lipinski definition) is 4. The zero-order valence-corrected chi connectivity index (χ0v) is 8.05. The molecule has 0 N–H and O–H groups in total. The van der Waals surface area contributed by atoms with Crippen LogP contribution in [0.2, 0.25) is 0 Å². The summed E-state index contributed by atoms with van der Waals surface area (Å²) in [7, 11) is 2.13. The molecule has 0 aromatic heterocycles. The van der Waals surface area contributed by atoms with E-state index in [1.165, 1.54) is 0 Å². The van der Waals surface area contributed by atoms with E-state index in [4.69, 9.17) is 0 Å². The van der Waals surface area contributed by atoms with E-state index in [9.17, 15) is 22.8 Å². The Balaban J connectivity index is 4.49. The number of ether oxygens (including phenoxy) is 2. The van der Waals surface area contributed by atoms with E-state index in [0.29, 0.717) is 0 Å². The molecule has 0 heterocycles. The van der Waals surface area contributed by atoms with Crippen molar-refractivity contribution < 1.29 is 32.2 Å². The van der Waals surface area contributed by atoms with Crippen LogP contribution in [-0.2, 0) is 19.1 Å². The average molecular weight is 226 g/mol. The first-order valence-electron chi connectivity index (χ1n) is 3.75. The van der Waals surface area contributed by atoms with Crippen molar-refractivity contribution in [3.05, 3.63) is 11.8 Å². The molecule has 0 aliphatic rings.